The van der Waals surface area contributed by atoms with Gasteiger partial charge in [0.2, 0.25) is 5.91 Å². The Labute approximate surface area is 115 Å². The van der Waals surface area contributed by atoms with Crippen LogP contribution in [0.4, 0.5) is 0 Å². The summed E-state index contributed by atoms with van der Waals surface area (Å²) in [6.07, 6.45) is 5.17. The van der Waals surface area contributed by atoms with Crippen molar-refractivity contribution in [3.05, 3.63) is 0 Å². The lowest BCUT2D eigenvalue weighted by Gasteiger charge is -2.35. The second-order valence-corrected chi connectivity index (χ2v) is 5.98. The first kappa shape index (κ1) is 14.8. The van der Waals surface area contributed by atoms with Crippen LogP contribution in [0.3, 0.4) is 0 Å². The van der Waals surface area contributed by atoms with Crippen molar-refractivity contribution in [1.29, 1.82) is 0 Å². The van der Waals surface area contributed by atoms with Gasteiger partial charge in [0.25, 0.3) is 0 Å². The van der Waals surface area contributed by atoms with Crippen molar-refractivity contribution in [2.75, 3.05) is 26.2 Å². The number of hydrogen-bond donors (Lipinski definition) is 2. The third-order valence-corrected chi connectivity index (χ3v) is 4.80. The van der Waals surface area contributed by atoms with Crippen molar-refractivity contribution in [2.45, 2.75) is 50.7 Å². The van der Waals surface area contributed by atoms with Crippen LogP contribution in [0.1, 0.15) is 39.0 Å². The average Bonchev–Trinajstić information content (AvgIpc) is 2.79. The molecule has 5 heteroatoms. The largest absolute Gasteiger partial charge is 0.376 e. The fourth-order valence-electron chi connectivity index (χ4n) is 3.40. The quantitative estimate of drug-likeness (QED) is 0.760. The van der Waals surface area contributed by atoms with Gasteiger partial charge in [-0.15, -0.1) is 0 Å². The Balaban J connectivity index is 1.83. The van der Waals surface area contributed by atoms with Crippen LogP contribution >= 0.6 is 0 Å². The van der Waals surface area contributed by atoms with Crippen LogP contribution in [0.5, 0.6) is 0 Å². The molecule has 1 saturated heterocycles. The molecule has 19 heavy (non-hydrogen) atoms. The Bertz CT molecular complexity index is 324. The maximum absolute atomic E-state index is 11.5. The highest BCUT2D eigenvalue weighted by Gasteiger charge is 2.44. The third-order valence-electron chi connectivity index (χ3n) is 4.80. The molecule has 0 spiro atoms. The van der Waals surface area contributed by atoms with Gasteiger partial charge in [0.05, 0.1) is 18.2 Å². The predicted octanol–water partition coefficient (Wildman–Crippen LogP) is 0.470. The van der Waals surface area contributed by atoms with Crippen LogP contribution in [0.25, 0.3) is 0 Å². The summed E-state index contributed by atoms with van der Waals surface area (Å²) in [6, 6.07) is 0. The Hall–Kier alpha value is -0.650. The van der Waals surface area contributed by atoms with Crippen molar-refractivity contribution < 1.29 is 9.53 Å². The van der Waals surface area contributed by atoms with Crippen LogP contribution in [0.15, 0.2) is 0 Å². The summed E-state index contributed by atoms with van der Waals surface area (Å²) in [4.78, 5) is 14.0. The van der Waals surface area contributed by atoms with Gasteiger partial charge in [-0.05, 0) is 38.1 Å². The number of carbonyl (C=O) groups excluding carboxylic acids is 1. The highest BCUT2D eigenvalue weighted by Crippen LogP contribution is 2.36. The summed E-state index contributed by atoms with van der Waals surface area (Å²) in [5.74, 6) is -0.0867. The number of nitrogens with zero attached hydrogens (tertiary/aromatic N) is 1. The molecule has 1 saturated carbocycles. The van der Waals surface area contributed by atoms with E-state index in [2.05, 4.69) is 11.8 Å². The van der Waals surface area contributed by atoms with Crippen molar-refractivity contribution in [1.82, 2.24) is 4.90 Å². The van der Waals surface area contributed by atoms with E-state index in [0.29, 0.717) is 6.10 Å². The molecule has 2 fully saturated rings. The smallest absolute Gasteiger partial charge is 0.237 e. The lowest BCUT2D eigenvalue weighted by atomic mass is 9.85. The van der Waals surface area contributed by atoms with E-state index in [1.165, 1.54) is 0 Å². The maximum Gasteiger partial charge on any atom is 0.237 e. The molecule has 5 nitrogen and oxygen atoms in total. The molecular formula is C14H27N3O2. The lowest BCUT2D eigenvalue weighted by molar-refractivity contribution is -0.124. The molecule has 0 aromatic heterocycles. The predicted molar refractivity (Wildman–Crippen MR) is 74.5 cm³/mol. The number of hydrogen-bond acceptors (Lipinski definition) is 4. The van der Waals surface area contributed by atoms with Gasteiger partial charge in [0.1, 0.15) is 0 Å². The van der Waals surface area contributed by atoms with Crippen molar-refractivity contribution in [3.63, 3.8) is 0 Å². The molecule has 1 amide bonds. The standard InChI is InChI=1S/C14H27N3O2/c1-2-12-10-17(8-9-19-12)7-5-11-4-3-6-14(11,16)13(15)18/h11-12H,2-10,16H2,1H3,(H2,15,18). The fraction of sp³-hybridized carbons (Fsp3) is 0.929. The van der Waals surface area contributed by atoms with Gasteiger partial charge in [-0.2, -0.15) is 0 Å². The molecule has 3 unspecified atom stereocenters. The van der Waals surface area contributed by atoms with Crippen LogP contribution in [-0.2, 0) is 9.53 Å². The summed E-state index contributed by atoms with van der Waals surface area (Å²) in [7, 11) is 0. The minimum atomic E-state index is -0.767. The van der Waals surface area contributed by atoms with Gasteiger partial charge in [-0.1, -0.05) is 13.3 Å². The zero-order chi connectivity index (χ0) is 13.9. The number of nitrogens with two attached hydrogens (primary N) is 2. The van der Waals surface area contributed by atoms with Crippen LogP contribution in [0.2, 0.25) is 0 Å². The van der Waals surface area contributed by atoms with Crippen LogP contribution < -0.4 is 11.5 Å². The molecule has 1 heterocycles. The summed E-state index contributed by atoms with van der Waals surface area (Å²) < 4.78 is 5.67. The third kappa shape index (κ3) is 3.27. The lowest BCUT2D eigenvalue weighted by Crippen LogP contribution is -2.55. The SMILES string of the molecule is CCC1CN(CCC2CCCC2(N)C(N)=O)CCO1. The van der Waals surface area contributed by atoms with Gasteiger partial charge in [0, 0.05) is 13.1 Å². The first-order chi connectivity index (χ1) is 9.06. The molecule has 0 aromatic rings. The van der Waals surface area contributed by atoms with Gasteiger partial charge >= 0.3 is 0 Å². The van der Waals surface area contributed by atoms with E-state index in [9.17, 15) is 4.79 Å². The van der Waals surface area contributed by atoms with E-state index < -0.39 is 5.54 Å². The molecule has 2 rings (SSSR count). The van der Waals surface area contributed by atoms with E-state index in [1.54, 1.807) is 0 Å². The number of primary amides is 1. The van der Waals surface area contributed by atoms with E-state index in [4.69, 9.17) is 16.2 Å². The summed E-state index contributed by atoms with van der Waals surface area (Å²) >= 11 is 0. The number of rotatable bonds is 5. The van der Waals surface area contributed by atoms with Gasteiger partial charge in [0.15, 0.2) is 0 Å². The molecule has 1 aliphatic carbocycles. The molecular weight excluding hydrogens is 242 g/mol. The normalized spacial score (nSPS) is 36.5. The number of morpholine rings is 1. The van der Waals surface area contributed by atoms with Gasteiger partial charge in [-0.3, -0.25) is 9.69 Å². The molecule has 3 atom stereocenters. The second kappa shape index (κ2) is 6.20. The minimum absolute atomic E-state index is 0.243. The Morgan fingerprint density at radius 3 is 3.00 bits per heavy atom. The zero-order valence-electron chi connectivity index (χ0n) is 11.9. The molecule has 110 valence electrons. The van der Waals surface area contributed by atoms with E-state index >= 15 is 0 Å². The van der Waals surface area contributed by atoms with Gasteiger partial charge in [-0.25, -0.2) is 0 Å². The van der Waals surface area contributed by atoms with Crippen LogP contribution in [0, 0.1) is 5.92 Å². The molecule has 1 aliphatic heterocycles. The minimum Gasteiger partial charge on any atom is -0.376 e. The fourth-order valence-corrected chi connectivity index (χ4v) is 3.40. The Morgan fingerprint density at radius 1 is 1.53 bits per heavy atom. The number of ether oxygens (including phenoxy) is 1. The molecule has 0 bridgehead atoms. The van der Waals surface area contributed by atoms with Crippen molar-refractivity contribution in [2.24, 2.45) is 17.4 Å². The zero-order valence-corrected chi connectivity index (χ0v) is 11.9. The first-order valence-electron chi connectivity index (χ1n) is 7.49. The molecule has 4 N–H and O–H groups in total. The topological polar surface area (TPSA) is 81.6 Å². The van der Waals surface area contributed by atoms with E-state index in [-0.39, 0.29) is 11.8 Å². The summed E-state index contributed by atoms with van der Waals surface area (Å²) in [5.41, 5.74) is 10.9. The first-order valence-corrected chi connectivity index (χ1v) is 7.49. The molecule has 0 radical (unpaired) electrons. The van der Waals surface area contributed by atoms with E-state index in [0.717, 1.165) is 58.3 Å². The monoisotopic (exact) mass is 269 g/mol. The number of carbonyl (C=O) groups is 1. The summed E-state index contributed by atoms with van der Waals surface area (Å²) in [5, 5.41) is 0. The van der Waals surface area contributed by atoms with E-state index in [1.807, 2.05) is 0 Å². The Kier molecular flexibility index (Phi) is 4.81. The highest BCUT2D eigenvalue weighted by atomic mass is 16.5. The molecule has 2 aliphatic rings. The second-order valence-electron chi connectivity index (χ2n) is 5.98. The van der Waals surface area contributed by atoms with Gasteiger partial charge < -0.3 is 16.2 Å². The Morgan fingerprint density at radius 2 is 2.32 bits per heavy atom. The number of amides is 1. The molecule has 0 aromatic carbocycles. The van der Waals surface area contributed by atoms with Crippen molar-refractivity contribution >= 4 is 5.91 Å². The summed E-state index contributed by atoms with van der Waals surface area (Å²) in [6.45, 7) is 5.95. The van der Waals surface area contributed by atoms with Crippen molar-refractivity contribution in [3.8, 4) is 0 Å². The average molecular weight is 269 g/mol. The maximum atomic E-state index is 11.5. The highest BCUT2D eigenvalue weighted by molar-refractivity contribution is 5.85. The van der Waals surface area contributed by atoms with Crippen LogP contribution in [-0.4, -0.2) is 48.7 Å².